The topological polar surface area (TPSA) is 24.5 Å². The molecule has 0 bridgehead atoms. The molecule has 3 nitrogen and oxygen atoms in total. The smallest absolute Gasteiger partial charge is 0.119 e. The fraction of sp³-hybridized carbons (Fsp3) is 0.625. The Kier molecular flexibility index (Phi) is 7.53. The number of hydrogen-bond acceptors (Lipinski definition) is 3. The van der Waals surface area contributed by atoms with E-state index in [2.05, 4.69) is 62.2 Å². The molecular formula is C16H28N2O. The monoisotopic (exact) mass is 264 g/mol. The number of likely N-dealkylation sites (N-methyl/N-ethyl adjacent to an activating group) is 1. The number of nitrogens with one attached hydrogen (secondary N) is 1. The molecule has 0 saturated heterocycles. The van der Waals surface area contributed by atoms with Crippen molar-refractivity contribution in [2.75, 3.05) is 26.2 Å². The number of nitrogens with zero attached hydrogens (tertiary/aromatic N) is 1. The molecule has 0 aromatic heterocycles. The molecule has 0 atom stereocenters. The highest BCUT2D eigenvalue weighted by atomic mass is 16.5. The van der Waals surface area contributed by atoms with Crippen LogP contribution in [-0.2, 0) is 6.54 Å². The second-order valence-electron chi connectivity index (χ2n) is 5.00. The molecule has 0 aliphatic heterocycles. The summed E-state index contributed by atoms with van der Waals surface area (Å²) in [5.74, 6) is 0.958. The summed E-state index contributed by atoms with van der Waals surface area (Å²) in [6, 6.07) is 8.93. The Morgan fingerprint density at radius 1 is 1.16 bits per heavy atom. The molecule has 108 valence electrons. The third-order valence-corrected chi connectivity index (χ3v) is 3.29. The third kappa shape index (κ3) is 6.08. The van der Waals surface area contributed by atoms with Crippen LogP contribution >= 0.6 is 0 Å². The van der Waals surface area contributed by atoms with Crippen LogP contribution in [0.15, 0.2) is 24.3 Å². The summed E-state index contributed by atoms with van der Waals surface area (Å²) < 4.78 is 5.79. The van der Waals surface area contributed by atoms with Gasteiger partial charge in [0.05, 0.1) is 0 Å². The average molecular weight is 264 g/mol. The van der Waals surface area contributed by atoms with Gasteiger partial charge in [-0.15, -0.1) is 0 Å². The van der Waals surface area contributed by atoms with Gasteiger partial charge in [-0.1, -0.05) is 26.0 Å². The Morgan fingerprint density at radius 3 is 2.37 bits per heavy atom. The number of benzene rings is 1. The van der Waals surface area contributed by atoms with Crippen LogP contribution in [0.4, 0.5) is 0 Å². The van der Waals surface area contributed by atoms with Gasteiger partial charge in [0, 0.05) is 19.1 Å². The lowest BCUT2D eigenvalue weighted by atomic mass is 10.2. The first-order valence-corrected chi connectivity index (χ1v) is 7.33. The summed E-state index contributed by atoms with van der Waals surface area (Å²) in [7, 11) is 0. The molecule has 0 aliphatic carbocycles. The molecule has 1 N–H and O–H groups in total. The van der Waals surface area contributed by atoms with Crippen molar-refractivity contribution in [3.63, 3.8) is 0 Å². The molecule has 0 saturated carbocycles. The van der Waals surface area contributed by atoms with Gasteiger partial charge >= 0.3 is 0 Å². The van der Waals surface area contributed by atoms with Crippen molar-refractivity contribution in [3.05, 3.63) is 29.8 Å². The van der Waals surface area contributed by atoms with Gasteiger partial charge in [0.25, 0.3) is 0 Å². The molecule has 0 radical (unpaired) electrons. The normalized spacial score (nSPS) is 11.3. The SMILES string of the molecule is CCNCc1ccc(OCCN(CC)C(C)C)cc1. The maximum absolute atomic E-state index is 5.79. The van der Waals surface area contributed by atoms with E-state index in [0.29, 0.717) is 6.04 Å². The number of ether oxygens (including phenoxy) is 1. The second-order valence-corrected chi connectivity index (χ2v) is 5.00. The van der Waals surface area contributed by atoms with Gasteiger partial charge in [-0.25, -0.2) is 0 Å². The zero-order chi connectivity index (χ0) is 14.1. The maximum atomic E-state index is 5.79. The first kappa shape index (κ1) is 16.0. The Bertz CT molecular complexity index is 335. The molecule has 3 heteroatoms. The molecule has 19 heavy (non-hydrogen) atoms. The number of rotatable bonds is 9. The summed E-state index contributed by atoms with van der Waals surface area (Å²) in [6.07, 6.45) is 0. The quantitative estimate of drug-likeness (QED) is 0.742. The van der Waals surface area contributed by atoms with Crippen molar-refractivity contribution in [1.82, 2.24) is 10.2 Å². The van der Waals surface area contributed by atoms with Crippen molar-refractivity contribution in [2.45, 2.75) is 40.3 Å². The molecule has 0 unspecified atom stereocenters. The summed E-state index contributed by atoms with van der Waals surface area (Å²) >= 11 is 0. The van der Waals surface area contributed by atoms with Crippen LogP contribution in [0.1, 0.15) is 33.3 Å². The predicted octanol–water partition coefficient (Wildman–Crippen LogP) is 2.91. The standard InChI is InChI=1S/C16H28N2O/c1-5-17-13-15-7-9-16(10-8-15)19-12-11-18(6-2)14(3)4/h7-10,14,17H,5-6,11-13H2,1-4H3. The van der Waals surface area contributed by atoms with Gasteiger partial charge < -0.3 is 10.1 Å². The fourth-order valence-electron chi connectivity index (χ4n) is 2.04. The minimum absolute atomic E-state index is 0.580. The summed E-state index contributed by atoms with van der Waals surface area (Å²) in [4.78, 5) is 2.40. The van der Waals surface area contributed by atoms with Gasteiger partial charge in [0.2, 0.25) is 0 Å². The lowest BCUT2D eigenvalue weighted by Crippen LogP contribution is -2.34. The van der Waals surface area contributed by atoms with E-state index in [4.69, 9.17) is 4.74 Å². The molecule has 0 fully saturated rings. The molecule has 1 rings (SSSR count). The van der Waals surface area contributed by atoms with Gasteiger partial charge in [-0.3, -0.25) is 4.90 Å². The highest BCUT2D eigenvalue weighted by Gasteiger charge is 2.06. The zero-order valence-corrected chi connectivity index (χ0v) is 12.8. The molecule has 0 aliphatic rings. The highest BCUT2D eigenvalue weighted by Crippen LogP contribution is 2.12. The summed E-state index contributed by atoms with van der Waals surface area (Å²) in [5.41, 5.74) is 1.30. The van der Waals surface area contributed by atoms with Crippen LogP contribution < -0.4 is 10.1 Å². The van der Waals surface area contributed by atoms with Crippen molar-refractivity contribution in [1.29, 1.82) is 0 Å². The van der Waals surface area contributed by atoms with E-state index in [0.717, 1.165) is 38.5 Å². The van der Waals surface area contributed by atoms with Crippen molar-refractivity contribution >= 4 is 0 Å². The molecule has 0 amide bonds. The fourth-order valence-corrected chi connectivity index (χ4v) is 2.04. The predicted molar refractivity (Wildman–Crippen MR) is 81.7 cm³/mol. The van der Waals surface area contributed by atoms with E-state index < -0.39 is 0 Å². The number of hydrogen-bond donors (Lipinski definition) is 1. The first-order valence-electron chi connectivity index (χ1n) is 7.33. The van der Waals surface area contributed by atoms with E-state index in [1.807, 2.05) is 0 Å². The Hall–Kier alpha value is -1.06. The molecule has 1 aromatic carbocycles. The van der Waals surface area contributed by atoms with Crippen molar-refractivity contribution < 1.29 is 4.74 Å². The average Bonchev–Trinajstić information content (AvgIpc) is 2.42. The van der Waals surface area contributed by atoms with Crippen LogP contribution in [0.25, 0.3) is 0 Å². The third-order valence-electron chi connectivity index (χ3n) is 3.29. The van der Waals surface area contributed by atoms with Gasteiger partial charge in [0.1, 0.15) is 12.4 Å². The van der Waals surface area contributed by atoms with Crippen molar-refractivity contribution in [2.24, 2.45) is 0 Å². The van der Waals surface area contributed by atoms with Crippen LogP contribution in [0.3, 0.4) is 0 Å². The lowest BCUT2D eigenvalue weighted by Gasteiger charge is -2.24. The minimum atomic E-state index is 0.580. The van der Waals surface area contributed by atoms with Gasteiger partial charge in [-0.05, 0) is 44.6 Å². The van der Waals surface area contributed by atoms with E-state index in [1.165, 1.54) is 5.56 Å². The van der Waals surface area contributed by atoms with Crippen molar-refractivity contribution in [3.8, 4) is 5.75 Å². The van der Waals surface area contributed by atoms with E-state index in [-0.39, 0.29) is 0 Å². The summed E-state index contributed by atoms with van der Waals surface area (Å²) in [6.45, 7) is 13.5. The highest BCUT2D eigenvalue weighted by molar-refractivity contribution is 5.27. The summed E-state index contributed by atoms with van der Waals surface area (Å²) in [5, 5.41) is 3.31. The largest absolute Gasteiger partial charge is 0.492 e. The lowest BCUT2D eigenvalue weighted by molar-refractivity contribution is 0.183. The Labute approximate surface area is 118 Å². The van der Waals surface area contributed by atoms with Crippen LogP contribution in [0, 0.1) is 0 Å². The Balaban J connectivity index is 2.33. The Morgan fingerprint density at radius 2 is 1.84 bits per heavy atom. The van der Waals surface area contributed by atoms with Gasteiger partial charge in [-0.2, -0.15) is 0 Å². The van der Waals surface area contributed by atoms with Crippen LogP contribution in [0.2, 0.25) is 0 Å². The van der Waals surface area contributed by atoms with E-state index >= 15 is 0 Å². The molecule has 0 spiro atoms. The molecule has 1 aromatic rings. The van der Waals surface area contributed by atoms with E-state index in [9.17, 15) is 0 Å². The van der Waals surface area contributed by atoms with Crippen LogP contribution in [0.5, 0.6) is 5.75 Å². The first-order chi connectivity index (χ1) is 9.17. The van der Waals surface area contributed by atoms with E-state index in [1.54, 1.807) is 0 Å². The molecule has 0 heterocycles. The molecular weight excluding hydrogens is 236 g/mol. The van der Waals surface area contributed by atoms with Gasteiger partial charge in [0.15, 0.2) is 0 Å². The second kappa shape index (κ2) is 8.94. The minimum Gasteiger partial charge on any atom is -0.492 e. The maximum Gasteiger partial charge on any atom is 0.119 e. The van der Waals surface area contributed by atoms with Crippen LogP contribution in [-0.4, -0.2) is 37.2 Å². The zero-order valence-electron chi connectivity index (χ0n) is 12.8.